The van der Waals surface area contributed by atoms with Crippen LogP contribution in [0.15, 0.2) is 23.1 Å². The maximum atomic E-state index is 11.5. The summed E-state index contributed by atoms with van der Waals surface area (Å²) in [5.41, 5.74) is 0.866. The molecular weight excluding hydrogens is 194 g/mol. The number of carbonyl (C=O) groups is 1. The summed E-state index contributed by atoms with van der Waals surface area (Å²) < 4.78 is 0. The van der Waals surface area contributed by atoms with Crippen molar-refractivity contribution < 1.29 is 4.79 Å². The monoisotopic (exact) mass is 205 g/mol. The third-order valence-corrected chi connectivity index (χ3v) is 2.13. The molecule has 3 N–H and O–H groups in total. The number of fused-ring (bicyclic) bond motifs is 1. The predicted molar refractivity (Wildman–Crippen MR) is 56.9 cm³/mol. The zero-order valence-corrected chi connectivity index (χ0v) is 8.26. The second-order valence-electron chi connectivity index (χ2n) is 3.17. The quantitative estimate of drug-likeness (QED) is 0.671. The van der Waals surface area contributed by atoms with Gasteiger partial charge in [-0.05, 0) is 13.0 Å². The third kappa shape index (κ3) is 1.63. The zero-order chi connectivity index (χ0) is 10.8. The van der Waals surface area contributed by atoms with E-state index in [1.807, 2.05) is 6.92 Å². The number of carbonyl (C=O) groups excluding carboxylic acids is 1. The Morgan fingerprint density at radius 1 is 1.53 bits per heavy atom. The van der Waals surface area contributed by atoms with Gasteiger partial charge in [-0.3, -0.25) is 9.59 Å². The van der Waals surface area contributed by atoms with Gasteiger partial charge >= 0.3 is 0 Å². The van der Waals surface area contributed by atoms with Crippen molar-refractivity contribution >= 4 is 16.9 Å². The van der Waals surface area contributed by atoms with Gasteiger partial charge in [0.1, 0.15) is 11.3 Å². The Bertz CT molecular complexity index is 553. The topological polar surface area (TPSA) is 77.8 Å². The van der Waals surface area contributed by atoms with Crippen LogP contribution in [0.25, 0.3) is 11.0 Å². The van der Waals surface area contributed by atoms with Gasteiger partial charge in [0.15, 0.2) is 5.43 Å². The van der Waals surface area contributed by atoms with E-state index in [-0.39, 0.29) is 11.3 Å². The highest BCUT2D eigenvalue weighted by Gasteiger charge is 2.09. The minimum Gasteiger partial charge on any atom is -0.351 e. The molecule has 5 nitrogen and oxygen atoms in total. The fraction of sp³-hybridized carbons (Fsp3) is 0.200. The van der Waals surface area contributed by atoms with Crippen LogP contribution in [0, 0.1) is 0 Å². The Morgan fingerprint density at radius 3 is 3.00 bits per heavy atom. The molecule has 0 saturated carbocycles. The van der Waals surface area contributed by atoms with E-state index in [9.17, 15) is 9.59 Å². The maximum Gasteiger partial charge on any atom is 0.267 e. The fourth-order valence-electron chi connectivity index (χ4n) is 1.43. The lowest BCUT2D eigenvalue weighted by atomic mass is 10.3. The SMILES string of the molecule is CCNC(=O)c1cc2c(=O)cc[nH]c2[nH]1. The molecule has 1 amide bonds. The normalized spacial score (nSPS) is 10.5. The first-order valence-electron chi connectivity index (χ1n) is 4.71. The van der Waals surface area contributed by atoms with Crippen molar-refractivity contribution in [1.29, 1.82) is 0 Å². The molecule has 2 heterocycles. The van der Waals surface area contributed by atoms with E-state index in [1.165, 1.54) is 6.07 Å². The van der Waals surface area contributed by atoms with E-state index < -0.39 is 0 Å². The number of nitrogens with one attached hydrogen (secondary N) is 3. The lowest BCUT2D eigenvalue weighted by molar-refractivity contribution is 0.0951. The van der Waals surface area contributed by atoms with Crippen molar-refractivity contribution in [3.05, 3.63) is 34.2 Å². The Kier molecular flexibility index (Phi) is 2.29. The number of hydrogen-bond acceptors (Lipinski definition) is 2. The van der Waals surface area contributed by atoms with Gasteiger partial charge in [0.25, 0.3) is 5.91 Å². The molecule has 0 unspecified atom stereocenters. The van der Waals surface area contributed by atoms with Gasteiger partial charge in [0.2, 0.25) is 0 Å². The van der Waals surface area contributed by atoms with Gasteiger partial charge in [-0.2, -0.15) is 0 Å². The molecule has 78 valence electrons. The van der Waals surface area contributed by atoms with Crippen molar-refractivity contribution in [3.63, 3.8) is 0 Å². The van der Waals surface area contributed by atoms with Gasteiger partial charge in [-0.1, -0.05) is 0 Å². The summed E-state index contributed by atoms with van der Waals surface area (Å²) in [5.74, 6) is -0.207. The summed E-state index contributed by atoms with van der Waals surface area (Å²) in [6.45, 7) is 2.40. The molecular formula is C10H11N3O2. The molecule has 0 radical (unpaired) electrons. The molecule has 2 rings (SSSR count). The third-order valence-electron chi connectivity index (χ3n) is 2.13. The minimum absolute atomic E-state index is 0.101. The number of H-pyrrole nitrogens is 2. The molecule has 0 spiro atoms. The Hall–Kier alpha value is -2.04. The summed E-state index contributed by atoms with van der Waals surface area (Å²) in [5, 5.41) is 3.15. The number of aromatic nitrogens is 2. The van der Waals surface area contributed by atoms with Gasteiger partial charge in [0, 0.05) is 18.8 Å². The van der Waals surface area contributed by atoms with Crippen LogP contribution in [0.2, 0.25) is 0 Å². The summed E-state index contributed by atoms with van der Waals surface area (Å²) in [6.07, 6.45) is 1.54. The van der Waals surface area contributed by atoms with Crippen LogP contribution in [-0.2, 0) is 0 Å². The molecule has 0 aromatic carbocycles. The van der Waals surface area contributed by atoms with Gasteiger partial charge in [-0.25, -0.2) is 0 Å². The minimum atomic E-state index is -0.207. The molecule has 0 saturated heterocycles. The number of aromatic amines is 2. The predicted octanol–water partition coefficient (Wildman–Crippen LogP) is 0.606. The van der Waals surface area contributed by atoms with Crippen LogP contribution in [0.5, 0.6) is 0 Å². The zero-order valence-electron chi connectivity index (χ0n) is 8.26. The van der Waals surface area contributed by atoms with Crippen LogP contribution < -0.4 is 10.7 Å². The van der Waals surface area contributed by atoms with Crippen molar-refractivity contribution in [2.45, 2.75) is 6.92 Å². The molecule has 2 aromatic rings. The van der Waals surface area contributed by atoms with Crippen molar-refractivity contribution in [3.8, 4) is 0 Å². The first-order chi connectivity index (χ1) is 7.22. The molecule has 15 heavy (non-hydrogen) atoms. The first-order valence-corrected chi connectivity index (χ1v) is 4.71. The van der Waals surface area contributed by atoms with Crippen LogP contribution >= 0.6 is 0 Å². The largest absolute Gasteiger partial charge is 0.351 e. The lowest BCUT2D eigenvalue weighted by Gasteiger charge is -1.96. The van der Waals surface area contributed by atoms with Crippen LogP contribution in [0.3, 0.4) is 0 Å². The number of rotatable bonds is 2. The van der Waals surface area contributed by atoms with Crippen molar-refractivity contribution in [2.24, 2.45) is 0 Å². The van der Waals surface area contributed by atoms with Crippen molar-refractivity contribution in [1.82, 2.24) is 15.3 Å². The van der Waals surface area contributed by atoms with Crippen LogP contribution in [-0.4, -0.2) is 22.4 Å². The second kappa shape index (κ2) is 3.61. The molecule has 0 aliphatic carbocycles. The summed E-state index contributed by atoms with van der Waals surface area (Å²) in [4.78, 5) is 28.6. The van der Waals surface area contributed by atoms with Crippen molar-refractivity contribution in [2.75, 3.05) is 6.54 Å². The van der Waals surface area contributed by atoms with E-state index in [4.69, 9.17) is 0 Å². The highest BCUT2D eigenvalue weighted by atomic mass is 16.1. The van der Waals surface area contributed by atoms with E-state index >= 15 is 0 Å². The summed E-state index contributed by atoms with van der Waals surface area (Å²) in [7, 11) is 0. The van der Waals surface area contributed by atoms with Crippen LogP contribution in [0.4, 0.5) is 0 Å². The molecule has 0 atom stereocenters. The maximum absolute atomic E-state index is 11.5. The number of amides is 1. The average molecular weight is 205 g/mol. The van der Waals surface area contributed by atoms with E-state index in [1.54, 1.807) is 12.3 Å². The average Bonchev–Trinajstić information content (AvgIpc) is 2.63. The van der Waals surface area contributed by atoms with Gasteiger partial charge < -0.3 is 15.3 Å². The van der Waals surface area contributed by atoms with Gasteiger partial charge in [-0.15, -0.1) is 0 Å². The summed E-state index contributed by atoms with van der Waals surface area (Å²) in [6, 6.07) is 2.98. The smallest absolute Gasteiger partial charge is 0.267 e. The molecule has 0 aliphatic heterocycles. The van der Waals surface area contributed by atoms with E-state index in [0.717, 1.165) is 0 Å². The Labute approximate surface area is 85.5 Å². The molecule has 0 aliphatic rings. The van der Waals surface area contributed by atoms with Crippen LogP contribution in [0.1, 0.15) is 17.4 Å². The summed E-state index contributed by atoms with van der Waals surface area (Å²) >= 11 is 0. The lowest BCUT2D eigenvalue weighted by Crippen LogP contribution is -2.22. The second-order valence-corrected chi connectivity index (χ2v) is 3.17. The standard InChI is InChI=1S/C10H11N3O2/c1-2-11-10(15)7-5-6-8(14)3-4-12-9(6)13-7/h3-5H,2H2,1H3,(H,11,15)(H2,12,13,14). The molecule has 0 fully saturated rings. The first kappa shape index (κ1) is 9.51. The molecule has 5 heteroatoms. The highest BCUT2D eigenvalue weighted by molar-refractivity contribution is 5.97. The van der Waals surface area contributed by atoms with E-state index in [2.05, 4.69) is 15.3 Å². The number of hydrogen-bond donors (Lipinski definition) is 3. The Morgan fingerprint density at radius 2 is 2.33 bits per heavy atom. The van der Waals surface area contributed by atoms with Gasteiger partial charge in [0.05, 0.1) is 5.39 Å². The highest BCUT2D eigenvalue weighted by Crippen LogP contribution is 2.07. The molecule has 2 aromatic heterocycles. The Balaban J connectivity index is 2.52. The molecule has 0 bridgehead atoms. The van der Waals surface area contributed by atoms with E-state index in [0.29, 0.717) is 23.3 Å². The fourth-order valence-corrected chi connectivity index (χ4v) is 1.43. The number of pyridine rings is 1.